The maximum absolute atomic E-state index is 5.93. The predicted octanol–water partition coefficient (Wildman–Crippen LogP) is 3.48. The van der Waals surface area contributed by atoms with Gasteiger partial charge in [0.1, 0.15) is 0 Å². The molecular formula is C10H14ClN. The number of hydrogen-bond donors (Lipinski definition) is 0. The van der Waals surface area contributed by atoms with E-state index in [1.54, 1.807) is 6.20 Å². The molecule has 0 bridgehead atoms. The van der Waals surface area contributed by atoms with Crippen LogP contribution in [0.15, 0.2) is 6.20 Å². The van der Waals surface area contributed by atoms with Gasteiger partial charge >= 0.3 is 0 Å². The van der Waals surface area contributed by atoms with Gasteiger partial charge in [-0.3, -0.25) is 4.98 Å². The average Bonchev–Trinajstić information content (AvgIpc) is 2.00. The van der Waals surface area contributed by atoms with Crippen LogP contribution < -0.4 is 0 Å². The number of aromatic nitrogens is 1. The van der Waals surface area contributed by atoms with Crippen molar-refractivity contribution in [2.75, 3.05) is 0 Å². The van der Waals surface area contributed by atoms with Gasteiger partial charge in [0.15, 0.2) is 0 Å². The number of halogens is 1. The van der Waals surface area contributed by atoms with Crippen LogP contribution in [0.1, 0.15) is 36.6 Å². The summed E-state index contributed by atoms with van der Waals surface area (Å²) in [5.41, 5.74) is 3.52. The Balaban J connectivity index is 3.27. The van der Waals surface area contributed by atoms with Gasteiger partial charge in [0.2, 0.25) is 0 Å². The minimum Gasteiger partial charge on any atom is -0.259 e. The predicted molar refractivity (Wildman–Crippen MR) is 52.8 cm³/mol. The van der Waals surface area contributed by atoms with Crippen molar-refractivity contribution in [3.63, 3.8) is 0 Å². The Morgan fingerprint density at radius 1 is 1.25 bits per heavy atom. The third-order valence-electron chi connectivity index (χ3n) is 2.17. The molecule has 1 heterocycles. The van der Waals surface area contributed by atoms with Crippen LogP contribution in [0.5, 0.6) is 0 Å². The fourth-order valence-corrected chi connectivity index (χ4v) is 1.46. The lowest BCUT2D eigenvalue weighted by Gasteiger charge is -2.11. The van der Waals surface area contributed by atoms with Crippen LogP contribution in [0.3, 0.4) is 0 Å². The Morgan fingerprint density at radius 2 is 1.83 bits per heavy atom. The quantitative estimate of drug-likeness (QED) is 0.650. The molecule has 1 aromatic heterocycles. The monoisotopic (exact) mass is 183 g/mol. The minimum absolute atomic E-state index is 0.473. The molecule has 0 aliphatic heterocycles. The third-order valence-corrected chi connectivity index (χ3v) is 2.55. The van der Waals surface area contributed by atoms with Gasteiger partial charge in [0.25, 0.3) is 0 Å². The fourth-order valence-electron chi connectivity index (χ4n) is 1.27. The lowest BCUT2D eigenvalue weighted by molar-refractivity contribution is 0.808. The molecule has 66 valence electrons. The lowest BCUT2D eigenvalue weighted by Crippen LogP contribution is -1.98. The molecule has 0 N–H and O–H groups in total. The van der Waals surface area contributed by atoms with E-state index in [4.69, 9.17) is 11.6 Å². The van der Waals surface area contributed by atoms with Crippen molar-refractivity contribution in [2.24, 2.45) is 0 Å². The fraction of sp³-hybridized carbons (Fsp3) is 0.500. The molecule has 0 aromatic carbocycles. The Kier molecular flexibility index (Phi) is 2.73. The summed E-state index contributed by atoms with van der Waals surface area (Å²) in [6.45, 7) is 8.39. The molecule has 2 heteroatoms. The van der Waals surface area contributed by atoms with E-state index in [1.807, 2.05) is 6.92 Å². The van der Waals surface area contributed by atoms with Crippen molar-refractivity contribution in [2.45, 2.75) is 33.6 Å². The van der Waals surface area contributed by atoms with E-state index in [2.05, 4.69) is 25.8 Å². The Morgan fingerprint density at radius 3 is 2.33 bits per heavy atom. The lowest BCUT2D eigenvalue weighted by atomic mass is 10.0. The first-order valence-electron chi connectivity index (χ1n) is 4.15. The van der Waals surface area contributed by atoms with E-state index < -0.39 is 0 Å². The van der Waals surface area contributed by atoms with Crippen LogP contribution >= 0.6 is 11.6 Å². The SMILES string of the molecule is Cc1c(Cl)cnc(C(C)C)c1C. The highest BCUT2D eigenvalue weighted by atomic mass is 35.5. The zero-order valence-corrected chi connectivity index (χ0v) is 8.74. The van der Waals surface area contributed by atoms with E-state index in [9.17, 15) is 0 Å². The van der Waals surface area contributed by atoms with Gasteiger partial charge in [0, 0.05) is 11.9 Å². The van der Waals surface area contributed by atoms with Crippen LogP contribution in [-0.4, -0.2) is 4.98 Å². The van der Waals surface area contributed by atoms with Gasteiger partial charge in [-0.15, -0.1) is 0 Å². The molecule has 0 aliphatic carbocycles. The van der Waals surface area contributed by atoms with Crippen molar-refractivity contribution in [3.05, 3.63) is 28.0 Å². The summed E-state index contributed by atoms with van der Waals surface area (Å²) < 4.78 is 0. The van der Waals surface area contributed by atoms with Gasteiger partial charge in [0.05, 0.1) is 5.02 Å². The van der Waals surface area contributed by atoms with Crippen LogP contribution in [0.25, 0.3) is 0 Å². The highest BCUT2D eigenvalue weighted by Crippen LogP contribution is 2.24. The summed E-state index contributed by atoms with van der Waals surface area (Å²) >= 11 is 5.93. The highest BCUT2D eigenvalue weighted by molar-refractivity contribution is 6.31. The highest BCUT2D eigenvalue weighted by Gasteiger charge is 2.08. The van der Waals surface area contributed by atoms with Gasteiger partial charge in [-0.05, 0) is 30.9 Å². The van der Waals surface area contributed by atoms with Crippen LogP contribution in [0.4, 0.5) is 0 Å². The van der Waals surface area contributed by atoms with Crippen molar-refractivity contribution >= 4 is 11.6 Å². The largest absolute Gasteiger partial charge is 0.259 e. The Hall–Kier alpha value is -0.560. The summed E-state index contributed by atoms with van der Waals surface area (Å²) in [5.74, 6) is 0.473. The van der Waals surface area contributed by atoms with Crippen LogP contribution in [0.2, 0.25) is 5.02 Å². The van der Waals surface area contributed by atoms with E-state index in [0.29, 0.717) is 5.92 Å². The third kappa shape index (κ3) is 1.61. The first kappa shape index (κ1) is 9.53. The van der Waals surface area contributed by atoms with Crippen molar-refractivity contribution < 1.29 is 0 Å². The molecule has 1 nitrogen and oxygen atoms in total. The molecule has 0 saturated heterocycles. The number of nitrogens with zero attached hydrogens (tertiary/aromatic N) is 1. The number of rotatable bonds is 1. The second-order valence-corrected chi connectivity index (χ2v) is 3.80. The molecule has 0 fully saturated rings. The first-order chi connectivity index (χ1) is 5.54. The van der Waals surface area contributed by atoms with Gasteiger partial charge in [-0.25, -0.2) is 0 Å². The van der Waals surface area contributed by atoms with E-state index in [1.165, 1.54) is 5.56 Å². The van der Waals surface area contributed by atoms with Gasteiger partial charge < -0.3 is 0 Å². The van der Waals surface area contributed by atoms with Crippen molar-refractivity contribution in [3.8, 4) is 0 Å². The summed E-state index contributed by atoms with van der Waals surface area (Å²) in [4.78, 5) is 4.31. The summed E-state index contributed by atoms with van der Waals surface area (Å²) in [6.07, 6.45) is 1.74. The molecule has 0 amide bonds. The van der Waals surface area contributed by atoms with E-state index >= 15 is 0 Å². The van der Waals surface area contributed by atoms with Crippen LogP contribution in [-0.2, 0) is 0 Å². The number of hydrogen-bond acceptors (Lipinski definition) is 1. The van der Waals surface area contributed by atoms with Crippen LogP contribution in [0, 0.1) is 13.8 Å². The topological polar surface area (TPSA) is 12.9 Å². The molecule has 0 aliphatic rings. The normalized spacial score (nSPS) is 10.8. The summed E-state index contributed by atoms with van der Waals surface area (Å²) in [6, 6.07) is 0. The minimum atomic E-state index is 0.473. The van der Waals surface area contributed by atoms with E-state index in [-0.39, 0.29) is 0 Å². The Labute approximate surface area is 78.8 Å². The number of pyridine rings is 1. The zero-order valence-electron chi connectivity index (χ0n) is 7.98. The van der Waals surface area contributed by atoms with E-state index in [0.717, 1.165) is 16.3 Å². The second kappa shape index (κ2) is 3.44. The Bertz CT molecular complexity index is 292. The molecule has 0 spiro atoms. The first-order valence-corrected chi connectivity index (χ1v) is 4.53. The van der Waals surface area contributed by atoms with Gasteiger partial charge in [-0.1, -0.05) is 25.4 Å². The summed E-state index contributed by atoms with van der Waals surface area (Å²) in [7, 11) is 0. The average molecular weight is 184 g/mol. The summed E-state index contributed by atoms with van der Waals surface area (Å²) in [5, 5.41) is 0.761. The van der Waals surface area contributed by atoms with Gasteiger partial charge in [-0.2, -0.15) is 0 Å². The van der Waals surface area contributed by atoms with Crippen molar-refractivity contribution in [1.82, 2.24) is 4.98 Å². The molecule has 1 rings (SSSR count). The molecule has 0 saturated carbocycles. The molecule has 0 atom stereocenters. The molecule has 0 unspecified atom stereocenters. The maximum Gasteiger partial charge on any atom is 0.0621 e. The standard InChI is InChI=1S/C10H14ClN/c1-6(2)10-8(4)7(3)9(11)5-12-10/h5-6H,1-4H3. The second-order valence-electron chi connectivity index (χ2n) is 3.40. The smallest absolute Gasteiger partial charge is 0.0621 e. The molecular weight excluding hydrogens is 170 g/mol. The molecule has 1 aromatic rings. The molecule has 0 radical (unpaired) electrons. The van der Waals surface area contributed by atoms with Crippen molar-refractivity contribution in [1.29, 1.82) is 0 Å². The molecule has 12 heavy (non-hydrogen) atoms. The maximum atomic E-state index is 5.93. The zero-order chi connectivity index (χ0) is 9.30.